The van der Waals surface area contributed by atoms with Crippen LogP contribution in [-0.2, 0) is 0 Å². The molecule has 1 unspecified atom stereocenters. The summed E-state index contributed by atoms with van der Waals surface area (Å²) < 4.78 is 25.6. The Morgan fingerprint density at radius 1 is 1.38 bits per heavy atom. The molecule has 1 heterocycles. The van der Waals surface area contributed by atoms with Gasteiger partial charge in [0.25, 0.3) is 0 Å². The van der Waals surface area contributed by atoms with Gasteiger partial charge >= 0.3 is 0 Å². The van der Waals surface area contributed by atoms with Crippen LogP contribution in [0.2, 0.25) is 0 Å². The minimum Gasteiger partial charge on any atom is -0.325 e. The molecule has 1 aliphatic heterocycles. The highest BCUT2D eigenvalue weighted by molar-refractivity contribution is 7.99. The monoisotopic (exact) mass is 209 g/mol. The van der Waals surface area contributed by atoms with Crippen LogP contribution < -0.4 is 5.73 Å². The van der Waals surface area contributed by atoms with Gasteiger partial charge in [0, 0.05) is 12.0 Å². The van der Waals surface area contributed by atoms with E-state index in [1.807, 2.05) is 11.8 Å². The number of rotatable bonds is 2. The van der Waals surface area contributed by atoms with Gasteiger partial charge in [0.2, 0.25) is 5.92 Å². The Bertz CT molecular complexity index is 159. The third-order valence-corrected chi connectivity index (χ3v) is 3.44. The molecule has 13 heavy (non-hydrogen) atoms. The molecule has 1 nitrogen and oxygen atoms in total. The van der Waals surface area contributed by atoms with E-state index in [-0.39, 0.29) is 6.42 Å². The van der Waals surface area contributed by atoms with E-state index < -0.39 is 11.5 Å². The second-order valence-corrected chi connectivity index (χ2v) is 5.30. The summed E-state index contributed by atoms with van der Waals surface area (Å²) in [5, 5.41) is 0. The lowest BCUT2D eigenvalue weighted by atomic mass is 9.86. The van der Waals surface area contributed by atoms with E-state index in [9.17, 15) is 8.78 Å². The molecular weight excluding hydrogens is 192 g/mol. The highest BCUT2D eigenvalue weighted by atomic mass is 32.2. The van der Waals surface area contributed by atoms with Crippen LogP contribution in [0.4, 0.5) is 8.78 Å². The molecule has 0 aromatic rings. The lowest BCUT2D eigenvalue weighted by Crippen LogP contribution is -2.44. The predicted molar refractivity (Wildman–Crippen MR) is 53.3 cm³/mol. The molecule has 4 heteroatoms. The minimum atomic E-state index is -2.62. The first kappa shape index (κ1) is 11.2. The average Bonchev–Trinajstić information content (AvgIpc) is 2.09. The fourth-order valence-corrected chi connectivity index (χ4v) is 2.93. The third kappa shape index (κ3) is 4.27. The zero-order valence-corrected chi connectivity index (χ0v) is 8.80. The molecule has 2 N–H and O–H groups in total. The van der Waals surface area contributed by atoms with Crippen molar-refractivity contribution in [2.75, 3.05) is 11.5 Å². The van der Waals surface area contributed by atoms with Crippen molar-refractivity contribution >= 4 is 11.8 Å². The van der Waals surface area contributed by atoms with E-state index in [1.54, 1.807) is 0 Å². The predicted octanol–water partition coefficient (Wildman–Crippen LogP) is 2.65. The van der Waals surface area contributed by atoms with Crippen molar-refractivity contribution in [2.24, 2.45) is 5.73 Å². The maximum Gasteiger partial charge on any atom is 0.247 e. The molecule has 0 saturated carbocycles. The van der Waals surface area contributed by atoms with Gasteiger partial charge in [0.15, 0.2) is 0 Å². The van der Waals surface area contributed by atoms with Crippen molar-refractivity contribution in [1.82, 2.24) is 0 Å². The zero-order chi connectivity index (χ0) is 9.95. The summed E-state index contributed by atoms with van der Waals surface area (Å²) in [6.45, 7) is 0.958. The summed E-state index contributed by atoms with van der Waals surface area (Å²) in [5.41, 5.74) is 5.33. The molecule has 1 aliphatic rings. The van der Waals surface area contributed by atoms with Crippen LogP contribution in [0.5, 0.6) is 0 Å². The van der Waals surface area contributed by atoms with Crippen LogP contribution in [0.3, 0.4) is 0 Å². The molecule has 0 aromatic heterocycles. The maximum absolute atomic E-state index is 12.8. The average molecular weight is 209 g/mol. The molecule has 0 aliphatic carbocycles. The van der Waals surface area contributed by atoms with Crippen LogP contribution in [0, 0.1) is 0 Å². The van der Waals surface area contributed by atoms with Crippen molar-refractivity contribution in [2.45, 2.75) is 44.1 Å². The van der Waals surface area contributed by atoms with E-state index >= 15 is 0 Å². The lowest BCUT2D eigenvalue weighted by Gasteiger charge is -2.30. The second-order valence-electron chi connectivity index (χ2n) is 4.08. The Morgan fingerprint density at radius 3 is 2.69 bits per heavy atom. The summed E-state index contributed by atoms with van der Waals surface area (Å²) in [6.07, 6.45) is 2.27. The van der Waals surface area contributed by atoms with Crippen LogP contribution in [-0.4, -0.2) is 23.0 Å². The minimum absolute atomic E-state index is 0.166. The van der Waals surface area contributed by atoms with E-state index in [1.165, 1.54) is 0 Å². The van der Waals surface area contributed by atoms with Crippen LogP contribution in [0.15, 0.2) is 0 Å². The summed E-state index contributed by atoms with van der Waals surface area (Å²) >= 11 is 1.82. The van der Waals surface area contributed by atoms with Crippen molar-refractivity contribution in [3.05, 3.63) is 0 Å². The summed E-state index contributed by atoms with van der Waals surface area (Å²) in [6, 6.07) is 0. The Labute approximate surface area is 82.4 Å². The van der Waals surface area contributed by atoms with Crippen molar-refractivity contribution in [1.29, 1.82) is 0 Å². The first-order valence-electron chi connectivity index (χ1n) is 4.66. The van der Waals surface area contributed by atoms with Gasteiger partial charge in [0.1, 0.15) is 0 Å². The first-order valence-corrected chi connectivity index (χ1v) is 5.81. The number of thioether (sulfide) groups is 1. The van der Waals surface area contributed by atoms with Crippen LogP contribution >= 0.6 is 11.8 Å². The SMILES string of the molecule is CC(F)(F)CC1(N)CCCSCC1. The molecule has 1 saturated heterocycles. The van der Waals surface area contributed by atoms with Crippen molar-refractivity contribution in [3.63, 3.8) is 0 Å². The van der Waals surface area contributed by atoms with E-state index in [0.717, 1.165) is 37.7 Å². The molecule has 0 bridgehead atoms. The summed E-state index contributed by atoms with van der Waals surface area (Å²) in [4.78, 5) is 0. The Hall–Kier alpha value is 0.170. The zero-order valence-electron chi connectivity index (χ0n) is 7.98. The molecule has 1 rings (SSSR count). The number of alkyl halides is 2. The molecule has 1 atom stereocenters. The third-order valence-electron chi connectivity index (χ3n) is 2.37. The van der Waals surface area contributed by atoms with Crippen molar-refractivity contribution in [3.8, 4) is 0 Å². The highest BCUT2D eigenvalue weighted by Gasteiger charge is 2.36. The van der Waals surface area contributed by atoms with Gasteiger partial charge in [-0.05, 0) is 37.7 Å². The van der Waals surface area contributed by atoms with E-state index in [4.69, 9.17) is 5.73 Å². The van der Waals surface area contributed by atoms with Gasteiger partial charge in [0.05, 0.1) is 0 Å². The molecule has 1 fully saturated rings. The van der Waals surface area contributed by atoms with Crippen LogP contribution in [0.1, 0.15) is 32.6 Å². The number of hydrogen-bond acceptors (Lipinski definition) is 2. The topological polar surface area (TPSA) is 26.0 Å². The molecule has 0 aromatic carbocycles. The first-order chi connectivity index (χ1) is 5.91. The van der Waals surface area contributed by atoms with Gasteiger partial charge in [-0.3, -0.25) is 0 Å². The highest BCUT2D eigenvalue weighted by Crippen LogP contribution is 2.33. The normalized spacial score (nSPS) is 31.4. The quantitative estimate of drug-likeness (QED) is 0.756. The summed E-state index contributed by atoms with van der Waals surface area (Å²) in [5.74, 6) is -0.634. The standard InChI is InChI=1S/C9H17F2NS/c1-8(10,11)7-9(12)3-2-5-13-6-4-9/h2-7,12H2,1H3. The smallest absolute Gasteiger partial charge is 0.247 e. The molecule has 0 spiro atoms. The van der Waals surface area contributed by atoms with Gasteiger partial charge < -0.3 is 5.73 Å². The van der Waals surface area contributed by atoms with Gasteiger partial charge in [-0.25, -0.2) is 8.78 Å². The largest absolute Gasteiger partial charge is 0.325 e. The van der Waals surface area contributed by atoms with Gasteiger partial charge in [-0.2, -0.15) is 11.8 Å². The molecule has 0 radical (unpaired) electrons. The summed E-state index contributed by atoms with van der Waals surface area (Å²) in [7, 11) is 0. The maximum atomic E-state index is 12.8. The number of nitrogens with two attached hydrogens (primary N) is 1. The molecular formula is C9H17F2NS. The van der Waals surface area contributed by atoms with Gasteiger partial charge in [-0.1, -0.05) is 0 Å². The Kier molecular flexibility index (Phi) is 3.57. The number of hydrogen-bond donors (Lipinski definition) is 1. The van der Waals surface area contributed by atoms with Gasteiger partial charge in [-0.15, -0.1) is 0 Å². The Morgan fingerprint density at radius 2 is 2.08 bits per heavy atom. The lowest BCUT2D eigenvalue weighted by molar-refractivity contribution is -0.0113. The molecule has 0 amide bonds. The number of halogens is 2. The molecule has 78 valence electrons. The van der Waals surface area contributed by atoms with E-state index in [2.05, 4.69) is 0 Å². The van der Waals surface area contributed by atoms with Crippen LogP contribution in [0.25, 0.3) is 0 Å². The fourth-order valence-electron chi connectivity index (χ4n) is 1.82. The Balaban J connectivity index is 2.52. The van der Waals surface area contributed by atoms with Crippen molar-refractivity contribution < 1.29 is 8.78 Å². The fraction of sp³-hybridized carbons (Fsp3) is 1.00. The van der Waals surface area contributed by atoms with E-state index in [0.29, 0.717) is 0 Å². The second kappa shape index (κ2) is 4.13.